The van der Waals surface area contributed by atoms with Crippen LogP contribution >= 0.6 is 0 Å². The van der Waals surface area contributed by atoms with E-state index >= 15 is 0 Å². The fourth-order valence-electron chi connectivity index (χ4n) is 4.42. The topological polar surface area (TPSA) is 54.4 Å². The predicted molar refractivity (Wildman–Crippen MR) is 131 cm³/mol. The van der Waals surface area contributed by atoms with E-state index in [9.17, 15) is 26.7 Å². The van der Waals surface area contributed by atoms with Crippen molar-refractivity contribution in [3.8, 4) is 0 Å². The Labute approximate surface area is 201 Å². The van der Waals surface area contributed by atoms with Gasteiger partial charge in [-0.3, -0.25) is 0 Å². The first-order chi connectivity index (χ1) is 15.7. The summed E-state index contributed by atoms with van der Waals surface area (Å²) in [5.41, 5.74) is 3.20. The molecule has 0 aliphatic heterocycles. The third-order valence-electron chi connectivity index (χ3n) is 6.52. The smallest absolute Gasteiger partial charge is 0.392 e. The Kier molecular flexibility index (Phi) is 9.16. The van der Waals surface area contributed by atoms with E-state index in [1.54, 1.807) is 6.92 Å². The summed E-state index contributed by atoms with van der Waals surface area (Å²) in [5.74, 6) is 0. The molecule has 0 heterocycles. The minimum atomic E-state index is -4.54. The number of rotatable bonds is 8. The van der Waals surface area contributed by atoms with Crippen LogP contribution in [-0.2, 0) is 16.0 Å². The number of allylic oxidation sites excluding steroid dienone is 6. The van der Waals surface area contributed by atoms with E-state index in [1.165, 1.54) is 23.6 Å². The molecular weight excluding hydrogens is 461 g/mol. The summed E-state index contributed by atoms with van der Waals surface area (Å²) in [7, 11) is -3.97. The summed E-state index contributed by atoms with van der Waals surface area (Å²) in [6, 6.07) is 3.55. The molecule has 0 amide bonds. The second-order valence-corrected chi connectivity index (χ2v) is 11.8. The summed E-state index contributed by atoms with van der Waals surface area (Å²) in [5, 5.41) is 8.31. The average molecular weight is 497 g/mol. The second kappa shape index (κ2) is 11.1. The van der Waals surface area contributed by atoms with Gasteiger partial charge in [0.25, 0.3) is 0 Å². The molecule has 2 rings (SSSR count). The Balaban J connectivity index is 2.33. The van der Waals surface area contributed by atoms with E-state index in [2.05, 4.69) is 26.8 Å². The van der Waals surface area contributed by atoms with Crippen molar-refractivity contribution in [1.82, 2.24) is 0 Å². The molecule has 1 aromatic rings. The number of aliphatic hydroxyl groups excluding tert-OH is 1. The second-order valence-electron chi connectivity index (χ2n) is 9.64. The van der Waals surface area contributed by atoms with E-state index in [0.717, 1.165) is 42.7 Å². The fourth-order valence-corrected chi connectivity index (χ4v) is 6.20. The molecule has 0 spiro atoms. The summed E-state index contributed by atoms with van der Waals surface area (Å²) in [6.07, 6.45) is 6.30. The Morgan fingerprint density at radius 1 is 1.15 bits per heavy atom. The molecule has 0 fully saturated rings. The van der Waals surface area contributed by atoms with Crippen LogP contribution in [0.3, 0.4) is 0 Å². The number of aliphatic hydroxyl groups is 1. The lowest BCUT2D eigenvalue weighted by Gasteiger charge is -2.33. The highest BCUT2D eigenvalue weighted by molar-refractivity contribution is 7.92. The van der Waals surface area contributed by atoms with Crippen molar-refractivity contribution in [2.24, 2.45) is 5.41 Å². The van der Waals surface area contributed by atoms with Crippen LogP contribution in [0.1, 0.15) is 65.9 Å². The maximum Gasteiger partial charge on any atom is 0.416 e. The third kappa shape index (κ3) is 6.95. The van der Waals surface area contributed by atoms with Crippen molar-refractivity contribution in [2.45, 2.75) is 76.6 Å². The van der Waals surface area contributed by atoms with Crippen LogP contribution in [0.5, 0.6) is 0 Å². The molecule has 1 unspecified atom stereocenters. The highest BCUT2D eigenvalue weighted by Gasteiger charge is 2.32. The van der Waals surface area contributed by atoms with Gasteiger partial charge in [0.1, 0.15) is 0 Å². The Morgan fingerprint density at radius 2 is 1.76 bits per heavy atom. The number of halogens is 3. The van der Waals surface area contributed by atoms with Gasteiger partial charge in [-0.1, -0.05) is 54.9 Å². The minimum Gasteiger partial charge on any atom is -0.392 e. The molecule has 1 atom stereocenters. The maximum atomic E-state index is 13.3. The van der Waals surface area contributed by atoms with E-state index in [4.69, 9.17) is 0 Å². The zero-order chi connectivity index (χ0) is 25.7. The Morgan fingerprint density at radius 3 is 2.29 bits per heavy atom. The lowest BCUT2D eigenvalue weighted by Crippen LogP contribution is -2.23. The molecule has 0 saturated heterocycles. The van der Waals surface area contributed by atoms with Gasteiger partial charge in [0.2, 0.25) is 0 Å². The molecule has 1 N–H and O–H groups in total. The number of hydrogen-bond donors (Lipinski definition) is 1. The first kappa shape index (κ1) is 28.1. The molecule has 0 radical (unpaired) electrons. The minimum absolute atomic E-state index is 0.0913. The van der Waals surface area contributed by atoms with Crippen LogP contribution in [0.2, 0.25) is 0 Å². The molecule has 34 heavy (non-hydrogen) atoms. The summed E-state index contributed by atoms with van der Waals surface area (Å²) in [4.78, 5) is -0.178. The maximum absolute atomic E-state index is 13.3. The highest BCUT2D eigenvalue weighted by atomic mass is 32.2. The largest absolute Gasteiger partial charge is 0.416 e. The van der Waals surface area contributed by atoms with Crippen LogP contribution in [0.4, 0.5) is 13.2 Å². The van der Waals surface area contributed by atoms with Crippen molar-refractivity contribution >= 4 is 9.84 Å². The Hall–Kier alpha value is -2.12. The van der Waals surface area contributed by atoms with Crippen LogP contribution in [0, 0.1) is 5.41 Å². The molecule has 0 bridgehead atoms. The highest BCUT2D eigenvalue weighted by Crippen LogP contribution is 2.41. The molecule has 1 aromatic carbocycles. The van der Waals surface area contributed by atoms with Gasteiger partial charge in [0.15, 0.2) is 9.84 Å². The standard InChI is InChI=1S/C27H35F3O3S/c1-19(8-14-24-20(2)7-6-17-26(24,4)5)9-15-25(21(3)16-18-31)34(32,33)23-12-10-22(11-13-23)27(28,29)30/h8-14,16,25,31H,6-7,15,17-18H2,1-5H3/b14-8+,19-9+,21-16+. The molecular formula is C27H35F3O3S. The van der Waals surface area contributed by atoms with Crippen LogP contribution in [-0.4, -0.2) is 25.4 Å². The Bertz CT molecular complexity index is 1090. The summed E-state index contributed by atoms with van der Waals surface area (Å²) >= 11 is 0. The fraction of sp³-hybridized carbons (Fsp3) is 0.481. The van der Waals surface area contributed by atoms with E-state index in [-0.39, 0.29) is 23.3 Å². The van der Waals surface area contributed by atoms with Crippen LogP contribution in [0.15, 0.2) is 75.8 Å². The number of benzene rings is 1. The number of sulfone groups is 1. The molecule has 188 valence electrons. The monoisotopic (exact) mass is 496 g/mol. The van der Waals surface area contributed by atoms with Gasteiger partial charge < -0.3 is 5.11 Å². The van der Waals surface area contributed by atoms with Gasteiger partial charge >= 0.3 is 6.18 Å². The summed E-state index contributed by atoms with van der Waals surface area (Å²) < 4.78 is 65.3. The van der Waals surface area contributed by atoms with Gasteiger partial charge in [-0.2, -0.15) is 13.2 Å². The quantitative estimate of drug-likeness (QED) is 0.306. The molecule has 0 saturated carbocycles. The molecule has 3 nitrogen and oxygen atoms in total. The van der Waals surface area contributed by atoms with E-state index in [1.807, 2.05) is 19.1 Å². The van der Waals surface area contributed by atoms with Crippen molar-refractivity contribution in [2.75, 3.05) is 6.61 Å². The van der Waals surface area contributed by atoms with Crippen molar-refractivity contribution in [1.29, 1.82) is 0 Å². The number of alkyl halides is 3. The van der Waals surface area contributed by atoms with Gasteiger partial charge in [0.05, 0.1) is 22.3 Å². The molecule has 1 aliphatic rings. The van der Waals surface area contributed by atoms with Gasteiger partial charge in [-0.15, -0.1) is 0 Å². The van der Waals surface area contributed by atoms with E-state index < -0.39 is 26.8 Å². The van der Waals surface area contributed by atoms with Gasteiger partial charge in [-0.25, -0.2) is 8.42 Å². The average Bonchev–Trinajstić information content (AvgIpc) is 2.72. The zero-order valence-corrected chi connectivity index (χ0v) is 21.4. The van der Waals surface area contributed by atoms with Crippen LogP contribution in [0.25, 0.3) is 0 Å². The lowest BCUT2D eigenvalue weighted by atomic mass is 9.72. The molecule has 1 aliphatic carbocycles. The van der Waals surface area contributed by atoms with Crippen molar-refractivity contribution in [3.63, 3.8) is 0 Å². The van der Waals surface area contributed by atoms with Crippen molar-refractivity contribution < 1.29 is 26.7 Å². The number of hydrogen-bond acceptors (Lipinski definition) is 3. The predicted octanol–water partition coefficient (Wildman–Crippen LogP) is 7.21. The first-order valence-electron chi connectivity index (χ1n) is 11.4. The normalized spacial score (nSPS) is 19.1. The van der Waals surface area contributed by atoms with Crippen molar-refractivity contribution in [3.05, 3.63) is 76.4 Å². The van der Waals surface area contributed by atoms with Gasteiger partial charge in [-0.05, 0) is 81.7 Å². The first-order valence-corrected chi connectivity index (χ1v) is 13.0. The third-order valence-corrected chi connectivity index (χ3v) is 8.76. The molecule has 7 heteroatoms. The lowest BCUT2D eigenvalue weighted by molar-refractivity contribution is -0.137. The molecule has 0 aromatic heterocycles. The zero-order valence-electron chi connectivity index (χ0n) is 20.5. The SMILES string of the molecule is CC1=C(/C=C/C(C)=C/CC(/C(C)=C/CO)S(=O)(=O)c2ccc(C(F)(F)F)cc2)C(C)(C)CCC1. The summed E-state index contributed by atoms with van der Waals surface area (Å²) in [6.45, 7) is 9.79. The van der Waals surface area contributed by atoms with Gasteiger partial charge in [0, 0.05) is 0 Å². The van der Waals surface area contributed by atoms with E-state index in [0.29, 0.717) is 5.57 Å². The van der Waals surface area contributed by atoms with Crippen LogP contribution < -0.4 is 0 Å².